The van der Waals surface area contributed by atoms with E-state index in [1.54, 1.807) is 17.1 Å². The molecule has 9 nitrogen and oxygen atoms in total. The number of aromatic nitrogens is 2. The van der Waals surface area contributed by atoms with Gasteiger partial charge in [-0.05, 0) is 45.7 Å². The van der Waals surface area contributed by atoms with Gasteiger partial charge in [-0.2, -0.15) is 5.10 Å². The largest absolute Gasteiger partial charge is 0.486 e. The van der Waals surface area contributed by atoms with Gasteiger partial charge in [0.2, 0.25) is 5.91 Å². The summed E-state index contributed by atoms with van der Waals surface area (Å²) < 4.78 is 18.8. The maximum atomic E-state index is 12.8. The van der Waals surface area contributed by atoms with Crippen molar-refractivity contribution in [1.29, 1.82) is 0 Å². The number of ether oxygens (including phenoxy) is 3. The van der Waals surface area contributed by atoms with Gasteiger partial charge in [-0.25, -0.2) is 4.79 Å². The molecule has 0 aliphatic carbocycles. The van der Waals surface area contributed by atoms with Crippen molar-refractivity contribution in [3.05, 3.63) is 36.7 Å². The molecule has 31 heavy (non-hydrogen) atoms. The first-order valence-corrected chi connectivity index (χ1v) is 10.5. The number of nitrogens with one attached hydrogen (secondary N) is 1. The molecule has 0 bridgehead atoms. The Morgan fingerprint density at radius 3 is 2.81 bits per heavy atom. The van der Waals surface area contributed by atoms with E-state index in [4.69, 9.17) is 14.2 Å². The molecule has 9 heteroatoms. The molecule has 2 atom stereocenters. The highest BCUT2D eigenvalue weighted by molar-refractivity contribution is 5.96. The first-order chi connectivity index (χ1) is 14.8. The van der Waals surface area contributed by atoms with Crippen LogP contribution in [0.4, 0.5) is 10.5 Å². The molecule has 0 saturated carbocycles. The molecule has 1 aromatic heterocycles. The second kappa shape index (κ2) is 8.49. The number of para-hydroxylation sites is 2. The fourth-order valence-electron chi connectivity index (χ4n) is 3.69. The fraction of sp³-hybridized carbons (Fsp3) is 0.500. The molecule has 1 saturated heterocycles. The molecule has 0 spiro atoms. The summed E-state index contributed by atoms with van der Waals surface area (Å²) >= 11 is 0. The lowest BCUT2D eigenvalue weighted by Gasteiger charge is -2.27. The van der Waals surface area contributed by atoms with E-state index in [2.05, 4.69) is 10.4 Å². The molecule has 0 unspecified atom stereocenters. The van der Waals surface area contributed by atoms with Gasteiger partial charge in [0.1, 0.15) is 18.2 Å². The van der Waals surface area contributed by atoms with Gasteiger partial charge in [-0.15, -0.1) is 0 Å². The van der Waals surface area contributed by atoms with E-state index in [1.165, 1.54) is 4.90 Å². The third-order valence-corrected chi connectivity index (χ3v) is 5.04. The molecule has 2 amide bonds. The van der Waals surface area contributed by atoms with Crippen LogP contribution in [0.15, 0.2) is 36.7 Å². The predicted molar refractivity (Wildman–Crippen MR) is 113 cm³/mol. The minimum Gasteiger partial charge on any atom is -0.486 e. The number of fused-ring (bicyclic) bond motifs is 1. The van der Waals surface area contributed by atoms with Gasteiger partial charge < -0.3 is 19.5 Å². The smallest absolute Gasteiger partial charge is 0.410 e. The average molecular weight is 428 g/mol. The fourth-order valence-corrected chi connectivity index (χ4v) is 3.69. The van der Waals surface area contributed by atoms with Gasteiger partial charge in [0, 0.05) is 12.7 Å². The van der Waals surface area contributed by atoms with Crippen molar-refractivity contribution in [3.8, 4) is 11.5 Å². The molecule has 2 aromatic rings. The summed E-state index contributed by atoms with van der Waals surface area (Å²) in [4.78, 5) is 26.7. The van der Waals surface area contributed by atoms with Crippen LogP contribution in [0, 0.1) is 0 Å². The molecular formula is C22H28N4O5. The van der Waals surface area contributed by atoms with Crippen LogP contribution in [-0.4, -0.2) is 57.6 Å². The van der Waals surface area contributed by atoms with Crippen LogP contribution in [0.1, 0.15) is 33.6 Å². The number of amides is 2. The van der Waals surface area contributed by atoms with Crippen LogP contribution in [-0.2, 0) is 16.1 Å². The van der Waals surface area contributed by atoms with E-state index in [0.717, 1.165) is 12.2 Å². The zero-order valence-electron chi connectivity index (χ0n) is 18.0. The molecular weight excluding hydrogens is 400 g/mol. The Bertz CT molecular complexity index is 951. The Morgan fingerprint density at radius 1 is 1.26 bits per heavy atom. The highest BCUT2D eigenvalue weighted by Crippen LogP contribution is 2.31. The van der Waals surface area contributed by atoms with Crippen LogP contribution in [0.25, 0.3) is 0 Å². The molecule has 1 N–H and O–H groups in total. The van der Waals surface area contributed by atoms with Crippen LogP contribution in [0.3, 0.4) is 0 Å². The highest BCUT2D eigenvalue weighted by atomic mass is 16.6. The molecule has 0 radical (unpaired) electrons. The number of carbonyl (C=O) groups is 2. The minimum absolute atomic E-state index is 0.184. The number of anilines is 1. The van der Waals surface area contributed by atoms with Crippen LogP contribution in [0.2, 0.25) is 0 Å². The van der Waals surface area contributed by atoms with Gasteiger partial charge in [-0.1, -0.05) is 12.1 Å². The molecule has 3 heterocycles. The van der Waals surface area contributed by atoms with Crippen LogP contribution >= 0.6 is 0 Å². The lowest BCUT2D eigenvalue weighted by atomic mass is 10.2. The molecule has 4 rings (SSSR count). The monoisotopic (exact) mass is 428 g/mol. The lowest BCUT2D eigenvalue weighted by Crippen LogP contribution is -2.45. The maximum Gasteiger partial charge on any atom is 0.410 e. The number of hydrogen-bond donors (Lipinski definition) is 1. The summed E-state index contributed by atoms with van der Waals surface area (Å²) in [6.45, 7) is 6.84. The summed E-state index contributed by atoms with van der Waals surface area (Å²) in [6.07, 6.45) is 4.05. The van der Waals surface area contributed by atoms with E-state index in [9.17, 15) is 9.59 Å². The predicted octanol–water partition coefficient (Wildman–Crippen LogP) is 3.06. The highest BCUT2D eigenvalue weighted by Gasteiger charge is 2.36. The zero-order chi connectivity index (χ0) is 22.0. The third kappa shape index (κ3) is 5.10. The van der Waals surface area contributed by atoms with Crippen molar-refractivity contribution >= 4 is 17.7 Å². The second-order valence-corrected chi connectivity index (χ2v) is 8.77. The number of hydrogen-bond acceptors (Lipinski definition) is 6. The van der Waals surface area contributed by atoms with E-state index < -0.39 is 17.7 Å². The molecule has 1 aromatic carbocycles. The zero-order valence-corrected chi connectivity index (χ0v) is 18.0. The van der Waals surface area contributed by atoms with Crippen LogP contribution < -0.4 is 14.8 Å². The van der Waals surface area contributed by atoms with E-state index in [1.807, 2.05) is 45.0 Å². The topological polar surface area (TPSA) is 94.9 Å². The van der Waals surface area contributed by atoms with Crippen molar-refractivity contribution in [2.24, 2.45) is 0 Å². The molecule has 2 aliphatic rings. The number of rotatable bonds is 4. The lowest BCUT2D eigenvalue weighted by molar-refractivity contribution is -0.120. The number of nitrogens with zero attached hydrogens (tertiary/aromatic N) is 3. The second-order valence-electron chi connectivity index (χ2n) is 8.77. The Morgan fingerprint density at radius 2 is 2.03 bits per heavy atom. The number of carbonyl (C=O) groups excluding carboxylic acids is 2. The number of likely N-dealkylation sites (tertiary alicyclic amines) is 1. The molecule has 166 valence electrons. The van der Waals surface area contributed by atoms with E-state index in [0.29, 0.717) is 37.6 Å². The van der Waals surface area contributed by atoms with Crippen molar-refractivity contribution in [3.63, 3.8) is 0 Å². The van der Waals surface area contributed by atoms with E-state index in [-0.39, 0.29) is 12.0 Å². The van der Waals surface area contributed by atoms with Crippen molar-refractivity contribution < 1.29 is 23.8 Å². The summed E-state index contributed by atoms with van der Waals surface area (Å²) in [5, 5.41) is 7.17. The normalized spacial score (nSPS) is 20.4. The Hall–Kier alpha value is -3.23. The quantitative estimate of drug-likeness (QED) is 0.804. The minimum atomic E-state index is -0.604. The summed E-state index contributed by atoms with van der Waals surface area (Å²) in [7, 11) is 0. The van der Waals surface area contributed by atoms with E-state index >= 15 is 0 Å². The van der Waals surface area contributed by atoms with Crippen molar-refractivity contribution in [2.45, 2.75) is 57.9 Å². The van der Waals surface area contributed by atoms with Gasteiger partial charge in [0.25, 0.3) is 0 Å². The Kier molecular flexibility index (Phi) is 5.75. The Balaban J connectivity index is 1.33. The first-order valence-electron chi connectivity index (χ1n) is 10.5. The van der Waals surface area contributed by atoms with Gasteiger partial charge in [0.05, 0.1) is 18.4 Å². The Labute approximate surface area is 181 Å². The van der Waals surface area contributed by atoms with Crippen molar-refractivity contribution in [1.82, 2.24) is 14.7 Å². The SMILES string of the molecule is CC(C)(C)OC(=O)N1CCC[C@H]1C(=O)Nc1cnn(C[C@H]2COc3ccccc3O2)c1. The van der Waals surface area contributed by atoms with Gasteiger partial charge >= 0.3 is 6.09 Å². The summed E-state index contributed by atoms with van der Waals surface area (Å²) in [5.74, 6) is 1.20. The van der Waals surface area contributed by atoms with Crippen molar-refractivity contribution in [2.75, 3.05) is 18.5 Å². The molecule has 1 fully saturated rings. The standard InChI is InChI=1S/C22H28N4O5/c1-22(2,3)31-21(28)26-10-6-7-17(26)20(27)24-15-11-23-25(12-15)13-16-14-29-18-8-4-5-9-19(18)30-16/h4-5,8-9,11-12,16-17H,6-7,10,13-14H2,1-3H3,(H,24,27)/t16-,17-/m0/s1. The molecule has 2 aliphatic heterocycles. The summed E-state index contributed by atoms with van der Waals surface area (Å²) in [6, 6.07) is 6.99. The van der Waals surface area contributed by atoms with Crippen LogP contribution in [0.5, 0.6) is 11.5 Å². The van der Waals surface area contributed by atoms with Gasteiger partial charge in [-0.3, -0.25) is 14.4 Å². The number of benzene rings is 1. The van der Waals surface area contributed by atoms with Gasteiger partial charge in [0.15, 0.2) is 17.6 Å². The first kappa shape index (κ1) is 21.0. The summed E-state index contributed by atoms with van der Waals surface area (Å²) in [5.41, 5.74) is -0.0362. The third-order valence-electron chi connectivity index (χ3n) is 5.04. The average Bonchev–Trinajstić information content (AvgIpc) is 3.36. The maximum absolute atomic E-state index is 12.8.